The molecule has 0 radical (unpaired) electrons. The lowest BCUT2D eigenvalue weighted by atomic mass is 10.4. The Kier molecular flexibility index (Phi) is 2.46. The lowest BCUT2D eigenvalue weighted by molar-refractivity contribution is 0.949. The molecule has 0 atom stereocenters. The molecule has 0 saturated carbocycles. The number of hydrogen-bond donors (Lipinski definition) is 0. The lowest BCUT2D eigenvalue weighted by Crippen LogP contribution is -2.16. The van der Waals surface area contributed by atoms with Gasteiger partial charge < -0.3 is 4.90 Å². The zero-order chi connectivity index (χ0) is 9.10. The molecule has 0 amide bonds. The summed E-state index contributed by atoms with van der Waals surface area (Å²) in [6.07, 6.45) is 4.85. The topological polar surface area (TPSA) is 39.9 Å². The van der Waals surface area contributed by atoms with Crippen LogP contribution in [0.1, 0.15) is 17.7 Å². The van der Waals surface area contributed by atoms with Crippen molar-refractivity contribution >= 4 is 16.5 Å². The highest BCUT2D eigenvalue weighted by Crippen LogP contribution is 2.25. The Hall–Kier alpha value is -1.08. The molecule has 0 unspecified atom stereocenters. The predicted molar refractivity (Wildman–Crippen MR) is 52.9 cm³/mol. The van der Waals surface area contributed by atoms with Gasteiger partial charge in [0, 0.05) is 24.2 Å². The van der Waals surface area contributed by atoms with Crippen LogP contribution in [-0.4, -0.2) is 18.1 Å². The first-order valence-electron chi connectivity index (χ1n) is 4.47. The zero-order valence-corrected chi connectivity index (χ0v) is 8.18. The van der Waals surface area contributed by atoms with Crippen LogP contribution in [-0.2, 0) is 6.42 Å². The largest absolute Gasteiger partial charge is 0.348 e. The standard InChI is InChI=1S/C9H11N3S/c10-4-3-8-7-11-9(13-8)12-5-1-2-6-12/h7H,1-3,5-6H2. The van der Waals surface area contributed by atoms with Gasteiger partial charge >= 0.3 is 0 Å². The minimum absolute atomic E-state index is 0.492. The maximum Gasteiger partial charge on any atom is 0.185 e. The Morgan fingerprint density at radius 2 is 2.31 bits per heavy atom. The molecule has 1 aromatic heterocycles. The summed E-state index contributed by atoms with van der Waals surface area (Å²) in [5, 5.41) is 9.60. The van der Waals surface area contributed by atoms with Gasteiger partial charge in [0.05, 0.1) is 12.5 Å². The van der Waals surface area contributed by atoms with Crippen LogP contribution >= 0.6 is 11.3 Å². The highest BCUT2D eigenvalue weighted by Gasteiger charge is 2.15. The molecule has 0 spiro atoms. The molecular formula is C9H11N3S. The molecule has 1 saturated heterocycles. The smallest absolute Gasteiger partial charge is 0.185 e. The second-order valence-corrected chi connectivity index (χ2v) is 4.23. The molecule has 0 aliphatic carbocycles. The van der Waals surface area contributed by atoms with Crippen molar-refractivity contribution in [3.05, 3.63) is 11.1 Å². The molecule has 1 aliphatic heterocycles. The van der Waals surface area contributed by atoms with E-state index in [1.165, 1.54) is 12.8 Å². The predicted octanol–water partition coefficient (Wildman–Crippen LogP) is 1.81. The molecule has 0 aromatic carbocycles. The van der Waals surface area contributed by atoms with E-state index in [0.717, 1.165) is 23.1 Å². The second-order valence-electron chi connectivity index (χ2n) is 3.14. The SMILES string of the molecule is N#CCc1cnc(N2CCCC2)s1. The van der Waals surface area contributed by atoms with Crippen LogP contribution in [0.3, 0.4) is 0 Å². The number of hydrogen-bond acceptors (Lipinski definition) is 4. The molecule has 1 aromatic rings. The van der Waals surface area contributed by atoms with Crippen LogP contribution in [0.4, 0.5) is 5.13 Å². The molecule has 3 nitrogen and oxygen atoms in total. The highest BCUT2D eigenvalue weighted by atomic mass is 32.1. The highest BCUT2D eigenvalue weighted by molar-refractivity contribution is 7.15. The van der Waals surface area contributed by atoms with Crippen LogP contribution in [0.5, 0.6) is 0 Å². The van der Waals surface area contributed by atoms with E-state index >= 15 is 0 Å². The fraction of sp³-hybridized carbons (Fsp3) is 0.556. The van der Waals surface area contributed by atoms with Gasteiger partial charge in [0.1, 0.15) is 0 Å². The average molecular weight is 193 g/mol. The summed E-state index contributed by atoms with van der Waals surface area (Å²) in [4.78, 5) is 7.68. The van der Waals surface area contributed by atoms with Crippen LogP contribution in [0, 0.1) is 11.3 Å². The van der Waals surface area contributed by atoms with Gasteiger partial charge in [0.2, 0.25) is 0 Å². The summed E-state index contributed by atoms with van der Waals surface area (Å²) < 4.78 is 0. The zero-order valence-electron chi connectivity index (χ0n) is 7.36. The van der Waals surface area contributed by atoms with Crippen molar-refractivity contribution in [2.75, 3.05) is 18.0 Å². The van der Waals surface area contributed by atoms with E-state index in [9.17, 15) is 0 Å². The molecular weight excluding hydrogens is 182 g/mol. The Labute approximate surface area is 81.6 Å². The van der Waals surface area contributed by atoms with Gasteiger partial charge in [-0.05, 0) is 12.8 Å². The number of aromatic nitrogens is 1. The van der Waals surface area contributed by atoms with Crippen molar-refractivity contribution in [1.82, 2.24) is 4.98 Å². The van der Waals surface area contributed by atoms with Crippen LogP contribution in [0.15, 0.2) is 6.20 Å². The molecule has 1 fully saturated rings. The molecule has 2 rings (SSSR count). The normalized spacial score (nSPS) is 16.1. The number of rotatable bonds is 2. The molecule has 1 aliphatic rings. The molecule has 2 heterocycles. The van der Waals surface area contributed by atoms with Crippen molar-refractivity contribution in [2.45, 2.75) is 19.3 Å². The lowest BCUT2D eigenvalue weighted by Gasteiger charge is -2.11. The van der Waals surface area contributed by atoms with Gasteiger partial charge in [0.25, 0.3) is 0 Å². The van der Waals surface area contributed by atoms with E-state index in [1.54, 1.807) is 11.3 Å². The minimum Gasteiger partial charge on any atom is -0.348 e. The summed E-state index contributed by atoms with van der Waals surface area (Å²) in [5.74, 6) is 0. The number of anilines is 1. The van der Waals surface area contributed by atoms with Gasteiger partial charge in [-0.25, -0.2) is 4.98 Å². The van der Waals surface area contributed by atoms with Crippen molar-refractivity contribution < 1.29 is 0 Å². The molecule has 4 heteroatoms. The summed E-state index contributed by atoms with van der Waals surface area (Å²) in [7, 11) is 0. The van der Waals surface area contributed by atoms with Gasteiger partial charge in [-0.15, -0.1) is 11.3 Å². The van der Waals surface area contributed by atoms with E-state index in [2.05, 4.69) is 16.0 Å². The molecule has 68 valence electrons. The third-order valence-corrected chi connectivity index (χ3v) is 3.23. The third kappa shape index (κ3) is 1.81. The second kappa shape index (κ2) is 3.75. The Morgan fingerprint density at radius 3 is 3.00 bits per heavy atom. The Bertz CT molecular complexity index is 320. The molecule has 0 N–H and O–H groups in total. The average Bonchev–Trinajstić information content (AvgIpc) is 2.70. The number of nitrogens with zero attached hydrogens (tertiary/aromatic N) is 3. The maximum absolute atomic E-state index is 8.51. The van der Waals surface area contributed by atoms with Crippen molar-refractivity contribution in [2.24, 2.45) is 0 Å². The van der Waals surface area contributed by atoms with Crippen molar-refractivity contribution in [1.29, 1.82) is 5.26 Å². The Balaban J connectivity index is 2.08. The summed E-state index contributed by atoms with van der Waals surface area (Å²) in [5.41, 5.74) is 0. The first-order valence-corrected chi connectivity index (χ1v) is 5.28. The molecule has 13 heavy (non-hydrogen) atoms. The first-order chi connectivity index (χ1) is 6.40. The van der Waals surface area contributed by atoms with Gasteiger partial charge in [-0.2, -0.15) is 5.26 Å². The van der Waals surface area contributed by atoms with E-state index in [4.69, 9.17) is 5.26 Å². The number of nitriles is 1. The molecule has 0 bridgehead atoms. The first kappa shape index (κ1) is 8.52. The third-order valence-electron chi connectivity index (χ3n) is 2.17. The fourth-order valence-electron chi connectivity index (χ4n) is 1.51. The monoisotopic (exact) mass is 193 g/mol. The van der Waals surface area contributed by atoms with Crippen molar-refractivity contribution in [3.63, 3.8) is 0 Å². The summed E-state index contributed by atoms with van der Waals surface area (Å²) in [6, 6.07) is 2.14. The van der Waals surface area contributed by atoms with Gasteiger partial charge in [-0.1, -0.05) is 0 Å². The van der Waals surface area contributed by atoms with E-state index in [0.29, 0.717) is 6.42 Å². The van der Waals surface area contributed by atoms with Crippen LogP contribution < -0.4 is 4.90 Å². The summed E-state index contributed by atoms with van der Waals surface area (Å²) >= 11 is 1.65. The Morgan fingerprint density at radius 1 is 1.54 bits per heavy atom. The maximum atomic E-state index is 8.51. The van der Waals surface area contributed by atoms with Gasteiger partial charge in [0.15, 0.2) is 5.13 Å². The van der Waals surface area contributed by atoms with Crippen LogP contribution in [0.2, 0.25) is 0 Å². The number of thiazole rings is 1. The quantitative estimate of drug-likeness (QED) is 0.719. The minimum atomic E-state index is 0.492. The van der Waals surface area contributed by atoms with E-state index in [1.807, 2.05) is 6.20 Å². The van der Waals surface area contributed by atoms with E-state index < -0.39 is 0 Å². The summed E-state index contributed by atoms with van der Waals surface area (Å²) in [6.45, 7) is 2.25. The van der Waals surface area contributed by atoms with Crippen molar-refractivity contribution in [3.8, 4) is 6.07 Å². The van der Waals surface area contributed by atoms with E-state index in [-0.39, 0.29) is 0 Å². The van der Waals surface area contributed by atoms with Crippen LogP contribution in [0.25, 0.3) is 0 Å². The fourth-order valence-corrected chi connectivity index (χ4v) is 2.41. The van der Waals surface area contributed by atoms with Gasteiger partial charge in [-0.3, -0.25) is 0 Å².